The number of nitrogen functional groups attached to an aromatic ring is 1. The Kier molecular flexibility index (Phi) is 8.28. The normalized spacial score (nSPS) is 22.6. The fourth-order valence-electron chi connectivity index (χ4n) is 8.11. The molecule has 0 spiro atoms. The minimum absolute atomic E-state index is 0.000493. The molecule has 14 heteroatoms. The van der Waals surface area contributed by atoms with Crippen molar-refractivity contribution in [2.45, 2.75) is 57.2 Å². The fraction of sp³-hybridized carbons (Fsp3) is 0.500. The monoisotopic (exact) mass is 679 g/mol. The third-order valence-electron chi connectivity index (χ3n) is 10.2. The van der Waals surface area contributed by atoms with Gasteiger partial charge in [0, 0.05) is 79.2 Å². The molecule has 252 valence electrons. The van der Waals surface area contributed by atoms with Gasteiger partial charge >= 0.3 is 6.01 Å². The Morgan fingerprint density at radius 1 is 1.02 bits per heavy atom. The Hall–Kier alpha value is -3.74. The van der Waals surface area contributed by atoms with E-state index in [2.05, 4.69) is 20.9 Å². The molecule has 4 aromatic rings. The zero-order chi connectivity index (χ0) is 33.1. The van der Waals surface area contributed by atoms with E-state index in [1.807, 2.05) is 4.90 Å². The van der Waals surface area contributed by atoms with Crippen molar-refractivity contribution in [3.05, 3.63) is 40.5 Å². The van der Waals surface area contributed by atoms with Gasteiger partial charge in [0.15, 0.2) is 5.82 Å². The number of hydrogen-bond donors (Lipinski definition) is 2. The lowest BCUT2D eigenvalue weighted by Crippen LogP contribution is -2.54. The van der Waals surface area contributed by atoms with Crippen LogP contribution in [0.25, 0.3) is 32.1 Å². The van der Waals surface area contributed by atoms with E-state index in [0.717, 1.165) is 43.8 Å². The van der Waals surface area contributed by atoms with Gasteiger partial charge in [-0.2, -0.15) is 15.2 Å². The van der Waals surface area contributed by atoms with Gasteiger partial charge in [0.1, 0.15) is 41.0 Å². The summed E-state index contributed by atoms with van der Waals surface area (Å²) in [5.41, 5.74) is 7.44. The molecule has 2 aromatic carbocycles. The Morgan fingerprint density at radius 3 is 2.54 bits per heavy atom. The predicted octanol–water partition coefficient (Wildman–Crippen LogP) is 4.73. The molecular formula is C34H36F3N7O3S. The highest BCUT2D eigenvalue weighted by Crippen LogP contribution is 2.49. The van der Waals surface area contributed by atoms with E-state index in [4.69, 9.17) is 20.2 Å². The number of thiophene rings is 1. The quantitative estimate of drug-likeness (QED) is 0.257. The van der Waals surface area contributed by atoms with Gasteiger partial charge in [0.2, 0.25) is 0 Å². The molecule has 2 unspecified atom stereocenters. The van der Waals surface area contributed by atoms with Crippen molar-refractivity contribution in [1.82, 2.24) is 19.8 Å². The number of anilines is 2. The molecule has 10 nitrogen and oxygen atoms in total. The first kappa shape index (κ1) is 31.5. The summed E-state index contributed by atoms with van der Waals surface area (Å²) in [5, 5.41) is 20.4. The number of hydrogen-bond acceptors (Lipinski definition) is 11. The van der Waals surface area contributed by atoms with Crippen LogP contribution in [0.4, 0.5) is 24.0 Å². The van der Waals surface area contributed by atoms with Crippen LogP contribution in [0, 0.1) is 23.0 Å². The molecule has 3 atom stereocenters. The highest BCUT2D eigenvalue weighted by Gasteiger charge is 2.43. The number of aliphatic hydroxyl groups is 1. The van der Waals surface area contributed by atoms with E-state index in [9.17, 15) is 14.8 Å². The van der Waals surface area contributed by atoms with Gasteiger partial charge in [-0.3, -0.25) is 9.80 Å². The van der Waals surface area contributed by atoms with E-state index in [0.29, 0.717) is 59.5 Å². The lowest BCUT2D eigenvalue weighted by Gasteiger charge is -2.42. The largest absolute Gasteiger partial charge is 0.462 e. The number of nitrogens with zero attached hydrogens (tertiary/aromatic N) is 6. The fourth-order valence-corrected chi connectivity index (χ4v) is 9.04. The SMILES string of the molecule is N#Cc1c(N)sc2ccc(F)c(-c3c4c(c5c(N6C7CCC6CN(CCCO)C7)nc(OCCN6CC[C@H](F)C6)nc5c3F)COC4)c12. The van der Waals surface area contributed by atoms with Crippen LogP contribution in [0.2, 0.25) is 0 Å². The van der Waals surface area contributed by atoms with Gasteiger partial charge in [-0.05, 0) is 48.9 Å². The second-order valence-electron chi connectivity index (χ2n) is 13.1. The number of alkyl halides is 1. The number of fused-ring (bicyclic) bond motifs is 6. The smallest absolute Gasteiger partial charge is 0.319 e. The molecule has 3 N–H and O–H groups in total. The molecular weight excluding hydrogens is 643 g/mol. The predicted molar refractivity (Wildman–Crippen MR) is 177 cm³/mol. The lowest BCUT2D eigenvalue weighted by atomic mass is 9.90. The first-order valence-electron chi connectivity index (χ1n) is 16.5. The maximum Gasteiger partial charge on any atom is 0.319 e. The minimum atomic E-state index is -0.859. The second kappa shape index (κ2) is 12.6. The zero-order valence-electron chi connectivity index (χ0n) is 26.4. The summed E-state index contributed by atoms with van der Waals surface area (Å²) in [6.45, 7) is 4.34. The number of nitriles is 1. The highest BCUT2D eigenvalue weighted by atomic mass is 32.1. The van der Waals surface area contributed by atoms with Crippen LogP contribution in [0.15, 0.2) is 12.1 Å². The minimum Gasteiger partial charge on any atom is -0.462 e. The Morgan fingerprint density at radius 2 is 1.81 bits per heavy atom. The number of aliphatic hydroxyl groups excluding tert-OH is 1. The number of piperazine rings is 1. The number of nitrogens with two attached hydrogens (primary N) is 1. The van der Waals surface area contributed by atoms with Gasteiger partial charge in [0.25, 0.3) is 0 Å². The topological polar surface area (TPSA) is 124 Å². The van der Waals surface area contributed by atoms with E-state index in [1.54, 1.807) is 6.07 Å². The van der Waals surface area contributed by atoms with E-state index in [-0.39, 0.29) is 77.1 Å². The third-order valence-corrected chi connectivity index (χ3v) is 11.2. The van der Waals surface area contributed by atoms with Crippen LogP contribution in [-0.4, -0.2) is 95.6 Å². The van der Waals surface area contributed by atoms with E-state index < -0.39 is 17.8 Å². The summed E-state index contributed by atoms with van der Waals surface area (Å²) in [4.78, 5) is 16.2. The van der Waals surface area contributed by atoms with Crippen LogP contribution in [0.5, 0.6) is 6.01 Å². The van der Waals surface area contributed by atoms with Crippen molar-refractivity contribution in [3.63, 3.8) is 0 Å². The van der Waals surface area contributed by atoms with Crippen LogP contribution in [-0.2, 0) is 18.0 Å². The molecule has 3 saturated heterocycles. The van der Waals surface area contributed by atoms with Crippen molar-refractivity contribution >= 4 is 43.1 Å². The van der Waals surface area contributed by atoms with Crippen molar-refractivity contribution in [2.75, 3.05) is 63.1 Å². The van der Waals surface area contributed by atoms with Crippen molar-refractivity contribution in [1.29, 1.82) is 5.26 Å². The van der Waals surface area contributed by atoms with Crippen molar-refractivity contribution < 1.29 is 27.8 Å². The molecule has 3 fully saturated rings. The maximum atomic E-state index is 17.3. The van der Waals surface area contributed by atoms with Crippen LogP contribution < -0.4 is 15.4 Å². The van der Waals surface area contributed by atoms with Crippen molar-refractivity contribution in [2.24, 2.45) is 0 Å². The summed E-state index contributed by atoms with van der Waals surface area (Å²) in [5.74, 6) is -0.849. The van der Waals surface area contributed by atoms with E-state index >= 15 is 8.78 Å². The zero-order valence-corrected chi connectivity index (χ0v) is 27.2. The molecule has 0 amide bonds. The molecule has 2 bridgehead atoms. The lowest BCUT2D eigenvalue weighted by molar-refractivity contribution is 0.135. The number of aromatic nitrogens is 2. The van der Waals surface area contributed by atoms with Gasteiger partial charge in [-0.1, -0.05) is 0 Å². The Balaban J connectivity index is 1.30. The number of likely N-dealkylation sites (tertiary alicyclic amines) is 2. The Labute approximate surface area is 279 Å². The summed E-state index contributed by atoms with van der Waals surface area (Å²) >= 11 is 1.16. The first-order chi connectivity index (χ1) is 23.4. The molecule has 4 aliphatic rings. The first-order valence-corrected chi connectivity index (χ1v) is 17.3. The number of benzene rings is 2. The van der Waals surface area contributed by atoms with Crippen LogP contribution in [0.1, 0.15) is 42.4 Å². The van der Waals surface area contributed by atoms with Gasteiger partial charge < -0.3 is 25.2 Å². The average molecular weight is 680 g/mol. The number of rotatable bonds is 9. The maximum absolute atomic E-state index is 17.3. The summed E-state index contributed by atoms with van der Waals surface area (Å²) in [7, 11) is 0. The van der Waals surface area contributed by atoms with Crippen LogP contribution >= 0.6 is 11.3 Å². The summed E-state index contributed by atoms with van der Waals surface area (Å²) < 4.78 is 59.7. The van der Waals surface area contributed by atoms with Gasteiger partial charge in [0.05, 0.1) is 24.2 Å². The number of ether oxygens (including phenoxy) is 2. The standard InChI is InChI=1S/C34H36F3N7O3S/c35-18-6-8-42(13-18)9-11-47-34-40-31-28(33(41-34)44-19-2-3-20(44)15-43(14-19)7-1-10-45)23-17-46-16-22(23)27(30(31)37)29-24(36)4-5-25-26(29)21(12-38)32(39)48-25/h4-5,18-20,45H,1-3,6-11,13-17,39H2/t18-,19?,20?/m0/s1. The molecule has 4 aliphatic heterocycles. The van der Waals surface area contributed by atoms with Gasteiger partial charge in [-0.15, -0.1) is 11.3 Å². The molecule has 0 radical (unpaired) electrons. The average Bonchev–Trinajstić information content (AvgIpc) is 3.85. The molecule has 6 heterocycles. The highest BCUT2D eigenvalue weighted by molar-refractivity contribution is 7.23. The molecule has 8 rings (SSSR count). The third kappa shape index (κ3) is 5.23. The molecule has 0 aliphatic carbocycles. The van der Waals surface area contributed by atoms with Crippen LogP contribution in [0.3, 0.4) is 0 Å². The molecule has 2 aromatic heterocycles. The number of halogens is 3. The van der Waals surface area contributed by atoms with Crippen molar-refractivity contribution in [3.8, 4) is 23.2 Å². The molecule has 48 heavy (non-hydrogen) atoms. The summed E-state index contributed by atoms with van der Waals surface area (Å²) in [6, 6.07) is 5.13. The Bertz CT molecular complexity index is 1940. The van der Waals surface area contributed by atoms with Gasteiger partial charge in [-0.25, -0.2) is 13.2 Å². The summed E-state index contributed by atoms with van der Waals surface area (Å²) in [6.07, 6.45) is 2.19. The molecule has 0 saturated carbocycles. The van der Waals surface area contributed by atoms with E-state index in [1.165, 1.54) is 6.07 Å². The second-order valence-corrected chi connectivity index (χ2v) is 14.2.